The summed E-state index contributed by atoms with van der Waals surface area (Å²) in [5.74, 6) is -0.000949. The molecule has 0 aliphatic carbocycles. The molecule has 3 N–H and O–H groups in total. The van der Waals surface area contributed by atoms with Gasteiger partial charge in [0, 0.05) is 19.0 Å². The van der Waals surface area contributed by atoms with E-state index in [1.54, 1.807) is 13.8 Å². The highest BCUT2D eigenvalue weighted by Gasteiger charge is 2.17. The van der Waals surface area contributed by atoms with Gasteiger partial charge in [0.1, 0.15) is 0 Å². The van der Waals surface area contributed by atoms with Crippen LogP contribution in [0.4, 0.5) is 0 Å². The fraction of sp³-hybridized carbons (Fsp3) is 0.818. The van der Waals surface area contributed by atoms with Crippen molar-refractivity contribution in [2.24, 2.45) is 11.1 Å². The van der Waals surface area contributed by atoms with E-state index in [2.05, 4.69) is 11.4 Å². The number of carbonyl (C=O) groups is 1. The molecule has 4 nitrogen and oxygen atoms in total. The normalized spacial score (nSPS) is 13.0. The zero-order chi connectivity index (χ0) is 11.9. The Morgan fingerprint density at radius 1 is 1.60 bits per heavy atom. The third-order valence-corrected chi connectivity index (χ3v) is 2.09. The van der Waals surface area contributed by atoms with Crippen LogP contribution in [0.3, 0.4) is 0 Å². The number of nitrogens with two attached hydrogens (primary N) is 1. The molecule has 0 saturated carbocycles. The zero-order valence-electron chi connectivity index (χ0n) is 9.84. The van der Waals surface area contributed by atoms with E-state index in [0.717, 1.165) is 12.8 Å². The number of rotatable bonds is 6. The predicted octanol–water partition coefficient (Wildman–Crippen LogP) is 1.17. The molecule has 15 heavy (non-hydrogen) atoms. The molecule has 1 unspecified atom stereocenters. The topological polar surface area (TPSA) is 78.9 Å². The standard InChI is InChI=1S/C11H21N3O/c1-9(13)5-4-6-10(15)14-8-11(2,3)7-12/h9H,4-6,8,13H2,1-3H3,(H,14,15). The Kier molecular flexibility index (Phi) is 5.95. The van der Waals surface area contributed by atoms with Gasteiger partial charge in [0.15, 0.2) is 0 Å². The van der Waals surface area contributed by atoms with Crippen LogP contribution in [0.25, 0.3) is 0 Å². The van der Waals surface area contributed by atoms with Gasteiger partial charge in [-0.05, 0) is 33.6 Å². The summed E-state index contributed by atoms with van der Waals surface area (Å²) in [4.78, 5) is 11.3. The summed E-state index contributed by atoms with van der Waals surface area (Å²) in [6, 6.07) is 2.28. The van der Waals surface area contributed by atoms with Crippen LogP contribution < -0.4 is 11.1 Å². The third-order valence-electron chi connectivity index (χ3n) is 2.09. The van der Waals surface area contributed by atoms with Crippen LogP contribution in [0.5, 0.6) is 0 Å². The molecule has 1 atom stereocenters. The molecular formula is C11H21N3O. The fourth-order valence-electron chi connectivity index (χ4n) is 1.03. The van der Waals surface area contributed by atoms with Crippen LogP contribution >= 0.6 is 0 Å². The van der Waals surface area contributed by atoms with E-state index in [1.807, 2.05) is 6.92 Å². The molecule has 4 heteroatoms. The van der Waals surface area contributed by atoms with Crippen LogP contribution in [0.2, 0.25) is 0 Å². The Balaban J connectivity index is 3.64. The van der Waals surface area contributed by atoms with Gasteiger partial charge in [0.2, 0.25) is 5.91 Å². The Morgan fingerprint density at radius 3 is 2.67 bits per heavy atom. The lowest BCUT2D eigenvalue weighted by molar-refractivity contribution is -0.121. The minimum atomic E-state index is -0.489. The minimum absolute atomic E-state index is 0.000949. The molecule has 0 aromatic carbocycles. The van der Waals surface area contributed by atoms with Crippen LogP contribution in [-0.4, -0.2) is 18.5 Å². The molecule has 0 heterocycles. The first-order valence-corrected chi connectivity index (χ1v) is 5.31. The highest BCUT2D eigenvalue weighted by Crippen LogP contribution is 2.10. The monoisotopic (exact) mass is 211 g/mol. The molecular weight excluding hydrogens is 190 g/mol. The van der Waals surface area contributed by atoms with Crippen LogP contribution in [0, 0.1) is 16.7 Å². The number of hydrogen-bond acceptors (Lipinski definition) is 3. The highest BCUT2D eigenvalue weighted by atomic mass is 16.1. The summed E-state index contributed by atoms with van der Waals surface area (Å²) in [5.41, 5.74) is 5.08. The molecule has 0 aromatic rings. The average Bonchev–Trinajstić information content (AvgIpc) is 2.14. The van der Waals surface area contributed by atoms with Gasteiger partial charge in [0.05, 0.1) is 11.5 Å². The maximum atomic E-state index is 11.3. The van der Waals surface area contributed by atoms with Gasteiger partial charge in [-0.1, -0.05) is 0 Å². The molecule has 0 aliphatic heterocycles. The van der Waals surface area contributed by atoms with E-state index in [-0.39, 0.29) is 11.9 Å². The second kappa shape index (κ2) is 6.41. The summed E-state index contributed by atoms with van der Waals surface area (Å²) < 4.78 is 0. The Bertz CT molecular complexity index is 241. The lowest BCUT2D eigenvalue weighted by atomic mass is 9.96. The lowest BCUT2D eigenvalue weighted by Crippen LogP contribution is -2.33. The second-order valence-electron chi connectivity index (χ2n) is 4.64. The van der Waals surface area contributed by atoms with Crippen molar-refractivity contribution in [3.8, 4) is 6.07 Å². The molecule has 0 bridgehead atoms. The quantitative estimate of drug-likeness (QED) is 0.692. The van der Waals surface area contributed by atoms with E-state index >= 15 is 0 Å². The number of hydrogen-bond donors (Lipinski definition) is 2. The first-order chi connectivity index (χ1) is 6.87. The first-order valence-electron chi connectivity index (χ1n) is 5.31. The molecule has 0 aliphatic rings. The average molecular weight is 211 g/mol. The van der Waals surface area contributed by atoms with Gasteiger partial charge in [0.25, 0.3) is 0 Å². The molecule has 86 valence electrons. The summed E-state index contributed by atoms with van der Waals surface area (Å²) in [6.45, 7) is 5.93. The van der Waals surface area contributed by atoms with E-state index in [4.69, 9.17) is 11.0 Å². The minimum Gasteiger partial charge on any atom is -0.355 e. The van der Waals surface area contributed by atoms with Gasteiger partial charge >= 0.3 is 0 Å². The van der Waals surface area contributed by atoms with Gasteiger partial charge in [-0.15, -0.1) is 0 Å². The lowest BCUT2D eigenvalue weighted by Gasteiger charge is -2.15. The van der Waals surface area contributed by atoms with Crippen LogP contribution in [0.1, 0.15) is 40.0 Å². The number of nitrogens with zero attached hydrogens (tertiary/aromatic N) is 1. The van der Waals surface area contributed by atoms with E-state index in [0.29, 0.717) is 13.0 Å². The summed E-state index contributed by atoms with van der Waals surface area (Å²) >= 11 is 0. The SMILES string of the molecule is CC(N)CCCC(=O)NCC(C)(C)C#N. The van der Waals surface area contributed by atoms with E-state index < -0.39 is 5.41 Å². The molecule has 0 spiro atoms. The van der Waals surface area contributed by atoms with Crippen molar-refractivity contribution in [3.05, 3.63) is 0 Å². The smallest absolute Gasteiger partial charge is 0.220 e. The third kappa shape index (κ3) is 7.95. The Hall–Kier alpha value is -1.08. The van der Waals surface area contributed by atoms with Crippen molar-refractivity contribution in [3.63, 3.8) is 0 Å². The number of carbonyl (C=O) groups excluding carboxylic acids is 1. The fourth-order valence-corrected chi connectivity index (χ4v) is 1.03. The van der Waals surface area contributed by atoms with Crippen molar-refractivity contribution in [1.29, 1.82) is 5.26 Å². The zero-order valence-corrected chi connectivity index (χ0v) is 9.84. The molecule has 0 fully saturated rings. The van der Waals surface area contributed by atoms with Crippen LogP contribution in [-0.2, 0) is 4.79 Å². The Morgan fingerprint density at radius 2 is 2.20 bits per heavy atom. The molecule has 0 aromatic heterocycles. The first kappa shape index (κ1) is 13.9. The molecule has 0 rings (SSSR count). The van der Waals surface area contributed by atoms with Gasteiger partial charge in [-0.3, -0.25) is 4.79 Å². The summed E-state index contributed by atoms with van der Waals surface area (Å²) in [7, 11) is 0. The van der Waals surface area contributed by atoms with Crippen molar-refractivity contribution >= 4 is 5.91 Å². The van der Waals surface area contributed by atoms with E-state index in [1.165, 1.54) is 0 Å². The number of nitrogens with one attached hydrogen (secondary N) is 1. The maximum Gasteiger partial charge on any atom is 0.220 e. The molecule has 0 saturated heterocycles. The molecule has 0 radical (unpaired) electrons. The number of nitriles is 1. The van der Waals surface area contributed by atoms with Gasteiger partial charge in [-0.2, -0.15) is 5.26 Å². The largest absolute Gasteiger partial charge is 0.355 e. The Labute approximate surface area is 91.8 Å². The summed E-state index contributed by atoms with van der Waals surface area (Å²) in [5, 5.41) is 11.5. The summed E-state index contributed by atoms with van der Waals surface area (Å²) in [6.07, 6.45) is 2.15. The van der Waals surface area contributed by atoms with Crippen molar-refractivity contribution in [2.75, 3.05) is 6.54 Å². The van der Waals surface area contributed by atoms with Crippen molar-refractivity contribution in [1.82, 2.24) is 5.32 Å². The number of amides is 1. The second-order valence-corrected chi connectivity index (χ2v) is 4.64. The molecule has 1 amide bonds. The van der Waals surface area contributed by atoms with Crippen molar-refractivity contribution in [2.45, 2.75) is 46.1 Å². The van der Waals surface area contributed by atoms with Crippen molar-refractivity contribution < 1.29 is 4.79 Å². The van der Waals surface area contributed by atoms with Gasteiger partial charge < -0.3 is 11.1 Å². The highest BCUT2D eigenvalue weighted by molar-refractivity contribution is 5.75. The predicted molar refractivity (Wildman–Crippen MR) is 59.9 cm³/mol. The maximum absolute atomic E-state index is 11.3. The van der Waals surface area contributed by atoms with E-state index in [9.17, 15) is 4.79 Å². The van der Waals surface area contributed by atoms with Crippen LogP contribution in [0.15, 0.2) is 0 Å². The van der Waals surface area contributed by atoms with Gasteiger partial charge in [-0.25, -0.2) is 0 Å².